The Balaban J connectivity index is 2.26. The Kier molecular flexibility index (Phi) is 6.08. The molecule has 0 heterocycles. The summed E-state index contributed by atoms with van der Waals surface area (Å²) >= 11 is 1.56. The van der Waals surface area contributed by atoms with Gasteiger partial charge in [-0.25, -0.2) is 0 Å². The van der Waals surface area contributed by atoms with Crippen LogP contribution >= 0.6 is 11.8 Å². The van der Waals surface area contributed by atoms with Gasteiger partial charge in [-0.3, -0.25) is 4.79 Å². The number of rotatable bonds is 6. The normalized spacial score (nSPS) is 12.2. The first-order valence-corrected chi connectivity index (χ1v) is 6.74. The average molecular weight is 252 g/mol. The van der Waals surface area contributed by atoms with Gasteiger partial charge in [-0.2, -0.15) is 0 Å². The van der Waals surface area contributed by atoms with Crippen LogP contribution in [0.15, 0.2) is 29.2 Å². The lowest BCUT2D eigenvalue weighted by molar-refractivity contribution is -0.118. The van der Waals surface area contributed by atoms with Crippen LogP contribution in [0.1, 0.15) is 12.5 Å². The first-order chi connectivity index (χ1) is 8.11. The molecule has 1 rings (SSSR count). The molecule has 4 heteroatoms. The molecule has 1 aromatic rings. The van der Waals surface area contributed by atoms with Crippen molar-refractivity contribution in [3.63, 3.8) is 0 Å². The largest absolute Gasteiger partial charge is 0.354 e. The molecule has 0 bridgehead atoms. The molecule has 0 aromatic heterocycles. The van der Waals surface area contributed by atoms with E-state index in [1.807, 2.05) is 26.1 Å². The van der Waals surface area contributed by atoms with Gasteiger partial charge in [-0.15, -0.1) is 11.8 Å². The predicted molar refractivity (Wildman–Crippen MR) is 73.4 cm³/mol. The highest BCUT2D eigenvalue weighted by Crippen LogP contribution is 2.17. The van der Waals surface area contributed by atoms with Crippen LogP contribution in [-0.2, 0) is 4.79 Å². The fourth-order valence-corrected chi connectivity index (χ4v) is 1.93. The Hall–Kier alpha value is -1.00. The maximum absolute atomic E-state index is 11.5. The molecule has 0 aliphatic carbocycles. The highest BCUT2D eigenvalue weighted by atomic mass is 32.2. The van der Waals surface area contributed by atoms with Crippen LogP contribution in [-0.4, -0.2) is 31.3 Å². The summed E-state index contributed by atoms with van der Waals surface area (Å²) < 4.78 is 0. The Morgan fingerprint density at radius 3 is 2.59 bits per heavy atom. The Morgan fingerprint density at radius 1 is 1.35 bits per heavy atom. The predicted octanol–water partition coefficient (Wildman–Crippen LogP) is 1.81. The quantitative estimate of drug-likeness (QED) is 0.759. The number of aryl methyl sites for hydroxylation is 1. The van der Waals surface area contributed by atoms with E-state index in [9.17, 15) is 4.79 Å². The van der Waals surface area contributed by atoms with E-state index in [1.54, 1.807) is 11.8 Å². The minimum Gasteiger partial charge on any atom is -0.354 e. The second-order valence-electron chi connectivity index (χ2n) is 4.10. The third kappa shape index (κ3) is 5.75. The highest BCUT2D eigenvalue weighted by Gasteiger charge is 2.04. The van der Waals surface area contributed by atoms with E-state index in [1.165, 1.54) is 5.56 Å². The molecule has 0 saturated carbocycles. The molecule has 1 aromatic carbocycles. The van der Waals surface area contributed by atoms with Gasteiger partial charge >= 0.3 is 0 Å². The molecule has 0 aliphatic rings. The second kappa shape index (κ2) is 7.35. The van der Waals surface area contributed by atoms with Gasteiger partial charge in [0.05, 0.1) is 5.75 Å². The van der Waals surface area contributed by atoms with Gasteiger partial charge in [0.1, 0.15) is 0 Å². The van der Waals surface area contributed by atoms with Gasteiger partial charge in [0.25, 0.3) is 0 Å². The summed E-state index contributed by atoms with van der Waals surface area (Å²) in [5.74, 6) is 0.553. The lowest BCUT2D eigenvalue weighted by Gasteiger charge is -2.11. The van der Waals surface area contributed by atoms with Gasteiger partial charge in [-0.05, 0) is 33.0 Å². The van der Waals surface area contributed by atoms with E-state index in [4.69, 9.17) is 0 Å². The smallest absolute Gasteiger partial charge is 0.230 e. The molecule has 94 valence electrons. The number of benzene rings is 1. The lowest BCUT2D eigenvalue weighted by Crippen LogP contribution is -2.37. The van der Waals surface area contributed by atoms with Gasteiger partial charge in [-0.1, -0.05) is 17.7 Å². The zero-order chi connectivity index (χ0) is 12.7. The van der Waals surface area contributed by atoms with Crippen molar-refractivity contribution in [1.82, 2.24) is 10.6 Å². The molecule has 1 amide bonds. The summed E-state index contributed by atoms with van der Waals surface area (Å²) in [5.41, 5.74) is 1.24. The molecule has 0 fully saturated rings. The monoisotopic (exact) mass is 252 g/mol. The highest BCUT2D eigenvalue weighted by molar-refractivity contribution is 8.00. The van der Waals surface area contributed by atoms with Crippen molar-refractivity contribution in [1.29, 1.82) is 0 Å². The maximum Gasteiger partial charge on any atom is 0.230 e. The van der Waals surface area contributed by atoms with E-state index in [-0.39, 0.29) is 5.91 Å². The number of nitrogens with one attached hydrogen (secondary N) is 2. The maximum atomic E-state index is 11.5. The summed E-state index contributed by atoms with van der Waals surface area (Å²) in [4.78, 5) is 12.7. The molecule has 0 aliphatic heterocycles. The summed E-state index contributed by atoms with van der Waals surface area (Å²) in [6.07, 6.45) is 0. The Bertz CT molecular complexity index is 351. The topological polar surface area (TPSA) is 41.1 Å². The van der Waals surface area contributed by atoms with Crippen LogP contribution in [0.4, 0.5) is 0 Å². The van der Waals surface area contributed by atoms with Crippen LogP contribution in [0.25, 0.3) is 0 Å². The fraction of sp³-hybridized carbons (Fsp3) is 0.462. The third-order valence-corrected chi connectivity index (χ3v) is 3.50. The number of carbonyl (C=O) groups excluding carboxylic acids is 1. The van der Waals surface area contributed by atoms with E-state index in [2.05, 4.69) is 29.7 Å². The van der Waals surface area contributed by atoms with Crippen molar-refractivity contribution in [3.8, 4) is 0 Å². The summed E-state index contributed by atoms with van der Waals surface area (Å²) in [6.45, 7) is 4.76. The molecule has 17 heavy (non-hydrogen) atoms. The minimum atomic E-state index is 0.0812. The van der Waals surface area contributed by atoms with Crippen LogP contribution in [0.5, 0.6) is 0 Å². The van der Waals surface area contributed by atoms with Crippen LogP contribution in [0, 0.1) is 6.92 Å². The second-order valence-corrected chi connectivity index (χ2v) is 5.14. The third-order valence-electron chi connectivity index (χ3n) is 2.49. The number of amides is 1. The van der Waals surface area contributed by atoms with Gasteiger partial charge in [0, 0.05) is 17.5 Å². The molecule has 0 radical (unpaired) electrons. The van der Waals surface area contributed by atoms with Crippen LogP contribution < -0.4 is 10.6 Å². The molecular weight excluding hydrogens is 232 g/mol. The summed E-state index contributed by atoms with van der Waals surface area (Å²) in [7, 11) is 1.89. The molecular formula is C13H20N2OS. The van der Waals surface area contributed by atoms with Crippen molar-refractivity contribution in [2.45, 2.75) is 24.8 Å². The lowest BCUT2D eigenvalue weighted by atomic mass is 10.2. The van der Waals surface area contributed by atoms with Crippen molar-refractivity contribution in [3.05, 3.63) is 29.8 Å². The molecule has 0 saturated heterocycles. The van der Waals surface area contributed by atoms with E-state index < -0.39 is 0 Å². The number of hydrogen-bond donors (Lipinski definition) is 2. The van der Waals surface area contributed by atoms with Crippen LogP contribution in [0.3, 0.4) is 0 Å². The first-order valence-electron chi connectivity index (χ1n) is 5.75. The molecule has 2 N–H and O–H groups in total. The fourth-order valence-electron chi connectivity index (χ4n) is 1.20. The van der Waals surface area contributed by atoms with Crippen molar-refractivity contribution >= 4 is 17.7 Å². The number of thioether (sulfide) groups is 1. The Labute approximate surface area is 107 Å². The summed E-state index contributed by atoms with van der Waals surface area (Å²) in [5, 5.41) is 5.97. The number of hydrogen-bond acceptors (Lipinski definition) is 3. The summed E-state index contributed by atoms with van der Waals surface area (Å²) in [6, 6.07) is 8.52. The molecule has 0 spiro atoms. The van der Waals surface area contributed by atoms with Gasteiger partial charge in [0.2, 0.25) is 5.91 Å². The van der Waals surface area contributed by atoms with Gasteiger partial charge in [0.15, 0.2) is 0 Å². The van der Waals surface area contributed by atoms with E-state index in [0.717, 1.165) is 4.90 Å². The molecule has 1 atom stereocenters. The zero-order valence-electron chi connectivity index (χ0n) is 10.6. The zero-order valence-corrected chi connectivity index (χ0v) is 11.4. The number of likely N-dealkylation sites (N-methyl/N-ethyl adjacent to an activating group) is 1. The van der Waals surface area contributed by atoms with Gasteiger partial charge < -0.3 is 10.6 Å². The SMILES string of the molecule is CNC(C)CNC(=O)CSc1ccc(C)cc1. The van der Waals surface area contributed by atoms with E-state index in [0.29, 0.717) is 18.3 Å². The minimum absolute atomic E-state index is 0.0812. The van der Waals surface area contributed by atoms with E-state index >= 15 is 0 Å². The number of carbonyl (C=O) groups is 1. The van der Waals surface area contributed by atoms with Crippen molar-refractivity contribution in [2.75, 3.05) is 19.3 Å². The van der Waals surface area contributed by atoms with Crippen molar-refractivity contribution < 1.29 is 4.79 Å². The standard InChI is InChI=1S/C13H20N2OS/c1-10-4-6-12(7-5-10)17-9-13(16)15-8-11(2)14-3/h4-7,11,14H,8-9H2,1-3H3,(H,15,16). The average Bonchev–Trinajstić information content (AvgIpc) is 2.35. The van der Waals surface area contributed by atoms with Crippen molar-refractivity contribution in [2.24, 2.45) is 0 Å². The Morgan fingerprint density at radius 2 is 2.00 bits per heavy atom. The molecule has 3 nitrogen and oxygen atoms in total. The first kappa shape index (κ1) is 14.1. The van der Waals surface area contributed by atoms with Crippen LogP contribution in [0.2, 0.25) is 0 Å². The molecule has 1 unspecified atom stereocenters.